The number of carbonyl (C=O) groups excluding carboxylic acids is 2. The van der Waals surface area contributed by atoms with Crippen LogP contribution in [-0.4, -0.2) is 41.3 Å². The molecule has 31 heavy (non-hydrogen) atoms. The zero-order valence-corrected chi connectivity index (χ0v) is 19.1. The van der Waals surface area contributed by atoms with Gasteiger partial charge in [0.1, 0.15) is 9.88 Å². The minimum Gasteiger partial charge on any atom is -0.369 e. The Morgan fingerprint density at radius 2 is 1.94 bits per heavy atom. The zero-order valence-electron chi connectivity index (χ0n) is 17.5. The maximum atomic E-state index is 12.7. The molecular weight excluding hydrogens is 428 g/mol. The van der Waals surface area contributed by atoms with Gasteiger partial charge in [-0.05, 0) is 68.4 Å². The van der Waals surface area contributed by atoms with E-state index in [4.69, 9.17) is 5.73 Å². The maximum Gasteiger partial charge on any atom is 0.267 e. The zero-order chi connectivity index (χ0) is 21.8. The molecule has 6 nitrogen and oxygen atoms in total. The number of carbonyl (C=O) groups is 2. The van der Waals surface area contributed by atoms with Gasteiger partial charge in [0.05, 0.1) is 10.6 Å². The van der Waals surface area contributed by atoms with E-state index in [0.29, 0.717) is 4.88 Å². The molecule has 0 atom stereocenters. The van der Waals surface area contributed by atoms with Gasteiger partial charge in [-0.3, -0.25) is 9.59 Å². The average Bonchev–Trinajstić information content (AvgIpc) is 3.43. The molecule has 3 aromatic rings. The highest BCUT2D eigenvalue weighted by molar-refractivity contribution is 7.22. The Labute approximate surface area is 190 Å². The van der Waals surface area contributed by atoms with Gasteiger partial charge < -0.3 is 16.0 Å². The molecule has 162 valence electrons. The van der Waals surface area contributed by atoms with E-state index in [2.05, 4.69) is 27.3 Å². The minimum absolute atomic E-state index is 0.0303. The van der Waals surface area contributed by atoms with Gasteiger partial charge in [-0.15, -0.1) is 22.7 Å². The highest BCUT2D eigenvalue weighted by Crippen LogP contribution is 2.31. The summed E-state index contributed by atoms with van der Waals surface area (Å²) in [6.07, 6.45) is 2.64. The number of rotatable bonds is 7. The van der Waals surface area contributed by atoms with Crippen molar-refractivity contribution < 1.29 is 9.59 Å². The molecule has 3 heterocycles. The van der Waals surface area contributed by atoms with Gasteiger partial charge in [-0.25, -0.2) is 4.98 Å². The molecule has 0 bridgehead atoms. The van der Waals surface area contributed by atoms with Crippen LogP contribution in [0.3, 0.4) is 0 Å². The number of hydrogen-bond acceptors (Lipinski definition) is 6. The van der Waals surface area contributed by atoms with Gasteiger partial charge >= 0.3 is 0 Å². The summed E-state index contributed by atoms with van der Waals surface area (Å²) >= 11 is 3.05. The van der Waals surface area contributed by atoms with Crippen LogP contribution in [0, 0.1) is 12.8 Å². The number of nitrogens with zero attached hydrogens (tertiary/aromatic N) is 2. The first-order valence-electron chi connectivity index (χ1n) is 10.4. The molecule has 0 radical (unpaired) electrons. The molecule has 0 saturated carbocycles. The van der Waals surface area contributed by atoms with Crippen LogP contribution in [0.2, 0.25) is 0 Å². The predicted octanol–water partition coefficient (Wildman–Crippen LogP) is 4.17. The molecule has 0 unspecified atom stereocenters. The maximum absolute atomic E-state index is 12.7. The van der Waals surface area contributed by atoms with Crippen LogP contribution in [0.5, 0.6) is 0 Å². The first-order chi connectivity index (χ1) is 15.0. The standard InChI is InChI=1S/C23H26N4O2S2/c1-15-20(31-23(25-15)19-3-2-14-30-19)22(29)26-18-6-4-16(5-7-18)8-11-27-12-9-17(10-13-27)21(24)28/h2-7,14,17H,8-13H2,1H3,(H2,24,28)(H,26,29). The van der Waals surface area contributed by atoms with Gasteiger partial charge in [0, 0.05) is 18.2 Å². The SMILES string of the molecule is Cc1nc(-c2cccs2)sc1C(=O)Nc1ccc(CCN2CCC(C(N)=O)CC2)cc1. The number of amides is 2. The lowest BCUT2D eigenvalue weighted by Gasteiger charge is -2.30. The lowest BCUT2D eigenvalue weighted by atomic mass is 9.96. The van der Waals surface area contributed by atoms with Gasteiger partial charge in [-0.2, -0.15) is 0 Å². The molecule has 2 amide bonds. The van der Waals surface area contributed by atoms with Crippen molar-refractivity contribution in [2.75, 3.05) is 25.0 Å². The summed E-state index contributed by atoms with van der Waals surface area (Å²) in [5, 5.41) is 5.88. The normalized spacial score (nSPS) is 15.1. The Balaban J connectivity index is 1.30. The molecule has 1 fully saturated rings. The molecule has 1 aromatic carbocycles. The predicted molar refractivity (Wildman–Crippen MR) is 127 cm³/mol. The van der Waals surface area contributed by atoms with Crippen molar-refractivity contribution in [2.45, 2.75) is 26.2 Å². The Morgan fingerprint density at radius 3 is 2.58 bits per heavy atom. The topological polar surface area (TPSA) is 88.3 Å². The van der Waals surface area contributed by atoms with Crippen molar-refractivity contribution in [1.82, 2.24) is 9.88 Å². The summed E-state index contributed by atoms with van der Waals surface area (Å²) in [6.45, 7) is 4.67. The number of aromatic nitrogens is 1. The van der Waals surface area contributed by atoms with Crippen LogP contribution in [0.15, 0.2) is 41.8 Å². The number of nitrogens with one attached hydrogen (secondary N) is 1. The fraction of sp³-hybridized carbons (Fsp3) is 0.348. The number of aryl methyl sites for hydroxylation is 1. The Morgan fingerprint density at radius 1 is 1.19 bits per heavy atom. The first-order valence-corrected chi connectivity index (χ1v) is 12.1. The van der Waals surface area contributed by atoms with E-state index in [1.54, 1.807) is 11.3 Å². The number of benzene rings is 1. The molecule has 1 aliphatic heterocycles. The molecule has 2 aromatic heterocycles. The highest BCUT2D eigenvalue weighted by Gasteiger charge is 2.22. The summed E-state index contributed by atoms with van der Waals surface area (Å²) in [5.41, 5.74) is 8.16. The molecule has 0 aliphatic carbocycles. The van der Waals surface area contributed by atoms with Crippen molar-refractivity contribution in [3.63, 3.8) is 0 Å². The third-order valence-corrected chi connectivity index (χ3v) is 7.85. The minimum atomic E-state index is -0.173. The van der Waals surface area contributed by atoms with Crippen molar-refractivity contribution in [1.29, 1.82) is 0 Å². The van der Waals surface area contributed by atoms with E-state index >= 15 is 0 Å². The van der Waals surface area contributed by atoms with E-state index in [0.717, 1.165) is 60.2 Å². The first kappa shape index (κ1) is 21.7. The number of thiazole rings is 1. The van der Waals surface area contributed by atoms with Gasteiger partial charge in [-0.1, -0.05) is 18.2 Å². The largest absolute Gasteiger partial charge is 0.369 e. The second kappa shape index (κ2) is 9.72. The fourth-order valence-corrected chi connectivity index (χ4v) is 5.54. The van der Waals surface area contributed by atoms with E-state index in [9.17, 15) is 9.59 Å². The van der Waals surface area contributed by atoms with E-state index < -0.39 is 0 Å². The van der Waals surface area contributed by atoms with Gasteiger partial charge in [0.2, 0.25) is 5.91 Å². The second-order valence-corrected chi connectivity index (χ2v) is 9.78. The molecule has 8 heteroatoms. The van der Waals surface area contributed by atoms with Crippen LogP contribution in [-0.2, 0) is 11.2 Å². The quantitative estimate of drug-likeness (QED) is 0.561. The summed E-state index contributed by atoms with van der Waals surface area (Å²) in [7, 11) is 0. The molecular formula is C23H26N4O2S2. The number of hydrogen-bond donors (Lipinski definition) is 2. The lowest BCUT2D eigenvalue weighted by Crippen LogP contribution is -2.39. The third-order valence-electron chi connectivity index (χ3n) is 5.65. The lowest BCUT2D eigenvalue weighted by molar-refractivity contribution is -0.123. The van der Waals surface area contributed by atoms with Crippen molar-refractivity contribution in [3.8, 4) is 9.88 Å². The number of anilines is 1. The van der Waals surface area contributed by atoms with Crippen LogP contribution in [0.4, 0.5) is 5.69 Å². The monoisotopic (exact) mass is 454 g/mol. The average molecular weight is 455 g/mol. The number of nitrogens with two attached hydrogens (primary N) is 1. The number of thiophene rings is 1. The number of primary amides is 1. The van der Waals surface area contributed by atoms with E-state index in [-0.39, 0.29) is 17.7 Å². The Bertz CT molecular complexity index is 1040. The molecule has 1 saturated heterocycles. The summed E-state index contributed by atoms with van der Waals surface area (Å²) in [5.74, 6) is -0.265. The smallest absolute Gasteiger partial charge is 0.267 e. The molecule has 0 spiro atoms. The molecule has 1 aliphatic rings. The second-order valence-electron chi connectivity index (χ2n) is 7.83. The Kier molecular flexibility index (Phi) is 6.80. The number of piperidine rings is 1. The van der Waals surface area contributed by atoms with Crippen molar-refractivity contribution in [2.24, 2.45) is 11.7 Å². The van der Waals surface area contributed by atoms with Crippen LogP contribution >= 0.6 is 22.7 Å². The molecule has 3 N–H and O–H groups in total. The third kappa shape index (κ3) is 5.39. The Hall–Kier alpha value is -2.55. The highest BCUT2D eigenvalue weighted by atomic mass is 32.1. The summed E-state index contributed by atoms with van der Waals surface area (Å²) < 4.78 is 0. The molecule has 4 rings (SSSR count). The number of likely N-dealkylation sites (tertiary alicyclic amines) is 1. The van der Waals surface area contributed by atoms with Crippen LogP contribution < -0.4 is 11.1 Å². The summed E-state index contributed by atoms with van der Waals surface area (Å²) in [4.78, 5) is 32.7. The van der Waals surface area contributed by atoms with Crippen LogP contribution in [0.25, 0.3) is 9.88 Å². The fourth-order valence-electron chi connectivity index (χ4n) is 3.78. The van der Waals surface area contributed by atoms with E-state index in [1.807, 2.05) is 36.6 Å². The van der Waals surface area contributed by atoms with Crippen molar-refractivity contribution in [3.05, 3.63) is 57.9 Å². The van der Waals surface area contributed by atoms with Crippen LogP contribution in [0.1, 0.15) is 33.8 Å². The van der Waals surface area contributed by atoms with Crippen molar-refractivity contribution >= 4 is 40.2 Å². The summed E-state index contributed by atoms with van der Waals surface area (Å²) in [6, 6.07) is 12.0. The van der Waals surface area contributed by atoms with Gasteiger partial charge in [0.15, 0.2) is 0 Å². The van der Waals surface area contributed by atoms with Gasteiger partial charge in [0.25, 0.3) is 5.91 Å². The van der Waals surface area contributed by atoms with E-state index in [1.165, 1.54) is 16.9 Å².